The number of aliphatic hydroxyl groups excluding tert-OH is 1. The topological polar surface area (TPSA) is 61.4 Å². The molecule has 0 radical (unpaired) electrons. The molecular weight excluding hydrogens is 323 g/mol. The third kappa shape index (κ3) is 4.37. The standard InChI is InChI=1S/C16H16Cl2N2O2/c17-12-5-3-6-13(18)16(12)20-14-7-2-1-4-11(14)10-15(22)19-8-9-21/h1-7,20-21H,8-10H2,(H,19,22). The smallest absolute Gasteiger partial charge is 0.224 e. The summed E-state index contributed by atoms with van der Waals surface area (Å²) in [4.78, 5) is 11.8. The van der Waals surface area contributed by atoms with Crippen LogP contribution in [-0.2, 0) is 11.2 Å². The fourth-order valence-corrected chi connectivity index (χ4v) is 2.47. The van der Waals surface area contributed by atoms with Crippen molar-refractivity contribution >= 4 is 40.5 Å². The lowest BCUT2D eigenvalue weighted by Crippen LogP contribution is -2.28. The Morgan fingerprint density at radius 1 is 1.05 bits per heavy atom. The molecule has 0 saturated heterocycles. The molecule has 2 aromatic rings. The number of anilines is 2. The summed E-state index contributed by atoms with van der Waals surface area (Å²) in [5.41, 5.74) is 2.18. The second-order valence-electron chi connectivity index (χ2n) is 4.63. The fourth-order valence-electron chi connectivity index (χ4n) is 1.98. The van der Waals surface area contributed by atoms with Gasteiger partial charge in [-0.25, -0.2) is 0 Å². The molecule has 2 aromatic carbocycles. The Morgan fingerprint density at radius 3 is 2.41 bits per heavy atom. The minimum absolute atomic E-state index is 0.0825. The molecule has 0 aliphatic carbocycles. The average molecular weight is 339 g/mol. The molecule has 22 heavy (non-hydrogen) atoms. The number of nitrogens with one attached hydrogen (secondary N) is 2. The number of rotatable bonds is 6. The number of benzene rings is 2. The van der Waals surface area contributed by atoms with Crippen LogP contribution in [0.4, 0.5) is 11.4 Å². The van der Waals surface area contributed by atoms with Crippen molar-refractivity contribution in [3.63, 3.8) is 0 Å². The van der Waals surface area contributed by atoms with Crippen molar-refractivity contribution in [2.45, 2.75) is 6.42 Å². The zero-order valence-electron chi connectivity index (χ0n) is 11.8. The number of carbonyl (C=O) groups excluding carboxylic acids is 1. The highest BCUT2D eigenvalue weighted by Gasteiger charge is 2.10. The number of hydrogen-bond donors (Lipinski definition) is 3. The van der Waals surface area contributed by atoms with Crippen LogP contribution in [-0.4, -0.2) is 24.2 Å². The van der Waals surface area contributed by atoms with Gasteiger partial charge in [-0.1, -0.05) is 47.5 Å². The van der Waals surface area contributed by atoms with E-state index in [2.05, 4.69) is 10.6 Å². The van der Waals surface area contributed by atoms with Crippen LogP contribution in [0.25, 0.3) is 0 Å². The number of para-hydroxylation sites is 2. The van der Waals surface area contributed by atoms with Gasteiger partial charge < -0.3 is 15.7 Å². The lowest BCUT2D eigenvalue weighted by Gasteiger charge is -2.14. The molecule has 0 aliphatic rings. The maximum Gasteiger partial charge on any atom is 0.224 e. The molecule has 0 fully saturated rings. The Kier molecular flexibility index (Phi) is 6.07. The van der Waals surface area contributed by atoms with Crippen LogP contribution in [0.5, 0.6) is 0 Å². The molecule has 116 valence electrons. The molecule has 6 heteroatoms. The van der Waals surface area contributed by atoms with Crippen LogP contribution < -0.4 is 10.6 Å². The van der Waals surface area contributed by atoms with Gasteiger partial charge in [0.1, 0.15) is 0 Å². The van der Waals surface area contributed by atoms with E-state index in [1.165, 1.54) is 0 Å². The number of amides is 1. The lowest BCUT2D eigenvalue weighted by atomic mass is 10.1. The van der Waals surface area contributed by atoms with Crippen molar-refractivity contribution in [1.29, 1.82) is 0 Å². The van der Waals surface area contributed by atoms with Gasteiger partial charge >= 0.3 is 0 Å². The minimum atomic E-state index is -0.159. The van der Waals surface area contributed by atoms with E-state index < -0.39 is 0 Å². The first-order valence-corrected chi connectivity index (χ1v) is 7.54. The molecule has 2 rings (SSSR count). The molecule has 1 amide bonds. The van der Waals surface area contributed by atoms with Crippen LogP contribution in [0.3, 0.4) is 0 Å². The van der Waals surface area contributed by atoms with E-state index in [0.717, 1.165) is 11.3 Å². The molecule has 3 N–H and O–H groups in total. The molecular formula is C16H16Cl2N2O2. The summed E-state index contributed by atoms with van der Waals surface area (Å²) in [6, 6.07) is 12.7. The molecule has 0 saturated carbocycles. The molecule has 0 unspecified atom stereocenters. The number of halogens is 2. The Balaban J connectivity index is 2.20. The van der Waals surface area contributed by atoms with Crippen molar-refractivity contribution in [3.8, 4) is 0 Å². The van der Waals surface area contributed by atoms with E-state index in [0.29, 0.717) is 15.7 Å². The Hall–Kier alpha value is -1.75. The van der Waals surface area contributed by atoms with Gasteiger partial charge in [-0.3, -0.25) is 4.79 Å². The highest BCUT2D eigenvalue weighted by molar-refractivity contribution is 6.39. The molecule has 0 bridgehead atoms. The van der Waals surface area contributed by atoms with Crippen molar-refractivity contribution in [2.75, 3.05) is 18.5 Å². The van der Waals surface area contributed by atoms with Crippen LogP contribution in [0.1, 0.15) is 5.56 Å². The lowest BCUT2D eigenvalue weighted by molar-refractivity contribution is -0.120. The summed E-state index contributed by atoms with van der Waals surface area (Å²) >= 11 is 12.3. The Bertz CT molecular complexity index is 642. The molecule has 4 nitrogen and oxygen atoms in total. The van der Waals surface area contributed by atoms with Crippen LogP contribution in [0.2, 0.25) is 10.0 Å². The number of hydrogen-bond acceptors (Lipinski definition) is 3. The zero-order chi connectivity index (χ0) is 15.9. The van der Waals surface area contributed by atoms with Gasteiger partial charge in [0.05, 0.1) is 28.8 Å². The first kappa shape index (κ1) is 16.6. The summed E-state index contributed by atoms with van der Waals surface area (Å²) in [7, 11) is 0. The first-order chi connectivity index (χ1) is 10.6. The van der Waals surface area contributed by atoms with Gasteiger partial charge in [0, 0.05) is 12.2 Å². The van der Waals surface area contributed by atoms with Gasteiger partial charge in [-0.05, 0) is 23.8 Å². The molecule has 0 aliphatic heterocycles. The van der Waals surface area contributed by atoms with Crippen molar-refractivity contribution in [2.24, 2.45) is 0 Å². The Morgan fingerprint density at radius 2 is 1.73 bits per heavy atom. The van der Waals surface area contributed by atoms with Gasteiger partial charge in [0.2, 0.25) is 5.91 Å². The monoisotopic (exact) mass is 338 g/mol. The second-order valence-corrected chi connectivity index (χ2v) is 5.44. The summed E-state index contributed by atoms with van der Waals surface area (Å²) in [6.45, 7) is 0.158. The van der Waals surface area contributed by atoms with Crippen molar-refractivity contribution < 1.29 is 9.90 Å². The van der Waals surface area contributed by atoms with E-state index in [9.17, 15) is 4.79 Å². The predicted molar refractivity (Wildman–Crippen MR) is 90.0 cm³/mol. The molecule has 0 atom stereocenters. The number of aliphatic hydroxyl groups is 1. The van der Waals surface area contributed by atoms with E-state index in [1.54, 1.807) is 18.2 Å². The first-order valence-electron chi connectivity index (χ1n) is 6.78. The minimum Gasteiger partial charge on any atom is -0.395 e. The maximum absolute atomic E-state index is 11.8. The van der Waals surface area contributed by atoms with Crippen molar-refractivity contribution in [3.05, 3.63) is 58.1 Å². The highest BCUT2D eigenvalue weighted by Crippen LogP contribution is 2.33. The third-order valence-corrected chi connectivity index (χ3v) is 3.65. The summed E-state index contributed by atoms with van der Waals surface area (Å²) in [5.74, 6) is -0.159. The van der Waals surface area contributed by atoms with Gasteiger partial charge in [-0.2, -0.15) is 0 Å². The molecule has 0 spiro atoms. The highest BCUT2D eigenvalue weighted by atomic mass is 35.5. The molecule has 0 aromatic heterocycles. The summed E-state index contributed by atoms with van der Waals surface area (Å²) < 4.78 is 0. The quantitative estimate of drug-likeness (QED) is 0.756. The van der Waals surface area contributed by atoms with Crippen LogP contribution in [0.15, 0.2) is 42.5 Å². The van der Waals surface area contributed by atoms with Crippen molar-refractivity contribution in [1.82, 2.24) is 5.32 Å². The fraction of sp³-hybridized carbons (Fsp3) is 0.188. The van der Waals surface area contributed by atoms with E-state index in [-0.39, 0.29) is 25.5 Å². The zero-order valence-corrected chi connectivity index (χ0v) is 13.3. The maximum atomic E-state index is 11.8. The van der Waals surface area contributed by atoms with E-state index >= 15 is 0 Å². The van der Waals surface area contributed by atoms with Gasteiger partial charge in [-0.15, -0.1) is 0 Å². The molecule has 0 heterocycles. The van der Waals surface area contributed by atoms with E-state index in [1.807, 2.05) is 24.3 Å². The predicted octanol–water partition coefficient (Wildman–Crippen LogP) is 3.39. The summed E-state index contributed by atoms with van der Waals surface area (Å²) in [5, 5.41) is 15.6. The van der Waals surface area contributed by atoms with Gasteiger partial charge in [0.15, 0.2) is 0 Å². The summed E-state index contributed by atoms with van der Waals surface area (Å²) in [6.07, 6.45) is 0.200. The third-order valence-electron chi connectivity index (χ3n) is 3.02. The number of carbonyl (C=O) groups is 1. The SMILES string of the molecule is O=C(Cc1ccccc1Nc1c(Cl)cccc1Cl)NCCO. The average Bonchev–Trinajstić information content (AvgIpc) is 2.50. The largest absolute Gasteiger partial charge is 0.395 e. The Labute approximate surface area is 139 Å². The second kappa shape index (κ2) is 8.03. The normalized spacial score (nSPS) is 10.3. The van der Waals surface area contributed by atoms with Crippen LogP contribution in [0, 0.1) is 0 Å². The van der Waals surface area contributed by atoms with Crippen LogP contribution >= 0.6 is 23.2 Å². The van der Waals surface area contributed by atoms with Gasteiger partial charge in [0.25, 0.3) is 0 Å². The van der Waals surface area contributed by atoms with E-state index in [4.69, 9.17) is 28.3 Å².